The summed E-state index contributed by atoms with van der Waals surface area (Å²) in [6, 6.07) is 3.50. The molecule has 0 aliphatic carbocycles. The number of aryl methyl sites for hydroxylation is 1. The molecule has 0 radical (unpaired) electrons. The summed E-state index contributed by atoms with van der Waals surface area (Å²) in [5.74, 6) is 0.336. The Labute approximate surface area is 140 Å². The van der Waals surface area contributed by atoms with Crippen molar-refractivity contribution in [2.45, 2.75) is 20.0 Å². The number of halogens is 2. The van der Waals surface area contributed by atoms with Gasteiger partial charge in [-0.3, -0.25) is 9.36 Å². The minimum absolute atomic E-state index is 0.0385. The molecule has 3 aromatic rings. The van der Waals surface area contributed by atoms with Crippen LogP contribution < -0.4 is 0 Å². The van der Waals surface area contributed by atoms with Crippen molar-refractivity contribution in [1.82, 2.24) is 19.4 Å². The predicted molar refractivity (Wildman–Crippen MR) is 83.8 cm³/mol. The minimum atomic E-state index is -2.70. The first-order valence-electron chi connectivity index (χ1n) is 7.04. The molecule has 0 atom stereocenters. The lowest BCUT2D eigenvalue weighted by Crippen LogP contribution is -2.28. The highest BCUT2D eigenvalue weighted by atomic mass is 32.1. The standard InChI is InChI=1S/C15H14F2N4O2S/c1-9-12(19-13(24-9)10-4-3-7-23-10)14(22)20(2)8-11-18-5-6-21(11)15(16)17/h3-7,15H,8H2,1-2H3. The van der Waals surface area contributed by atoms with Crippen LogP contribution in [0.3, 0.4) is 0 Å². The molecule has 9 heteroatoms. The Morgan fingerprint density at radius 2 is 2.29 bits per heavy atom. The first-order chi connectivity index (χ1) is 11.5. The molecular formula is C15H14F2N4O2S. The van der Waals surface area contributed by atoms with E-state index in [0.29, 0.717) is 10.8 Å². The van der Waals surface area contributed by atoms with E-state index >= 15 is 0 Å². The lowest BCUT2D eigenvalue weighted by atomic mass is 10.3. The second-order valence-electron chi connectivity index (χ2n) is 5.09. The van der Waals surface area contributed by atoms with Crippen molar-refractivity contribution in [3.05, 3.63) is 47.2 Å². The molecule has 6 nitrogen and oxygen atoms in total. The van der Waals surface area contributed by atoms with Crippen LogP contribution in [0.25, 0.3) is 10.8 Å². The van der Waals surface area contributed by atoms with E-state index in [1.807, 2.05) is 0 Å². The van der Waals surface area contributed by atoms with E-state index < -0.39 is 6.55 Å². The summed E-state index contributed by atoms with van der Waals surface area (Å²) in [4.78, 5) is 22.8. The van der Waals surface area contributed by atoms with Crippen LogP contribution in [0, 0.1) is 6.92 Å². The first kappa shape index (κ1) is 16.3. The molecule has 1 amide bonds. The van der Waals surface area contributed by atoms with Crippen LogP contribution in [-0.2, 0) is 6.54 Å². The number of hydrogen-bond acceptors (Lipinski definition) is 5. The SMILES string of the molecule is Cc1sc(-c2ccco2)nc1C(=O)N(C)Cc1nccn1C(F)F. The molecule has 126 valence electrons. The van der Waals surface area contributed by atoms with Gasteiger partial charge in [0.1, 0.15) is 11.5 Å². The Kier molecular flexibility index (Phi) is 4.43. The Hall–Kier alpha value is -2.55. The topological polar surface area (TPSA) is 64.2 Å². The number of alkyl halides is 2. The molecule has 0 spiro atoms. The highest BCUT2D eigenvalue weighted by Crippen LogP contribution is 2.28. The fourth-order valence-electron chi connectivity index (χ4n) is 2.21. The average Bonchev–Trinajstić information content (AvgIpc) is 3.26. The number of imidazole rings is 1. The highest BCUT2D eigenvalue weighted by molar-refractivity contribution is 7.15. The van der Waals surface area contributed by atoms with Gasteiger partial charge < -0.3 is 9.32 Å². The van der Waals surface area contributed by atoms with Crippen molar-refractivity contribution in [1.29, 1.82) is 0 Å². The van der Waals surface area contributed by atoms with Crippen molar-refractivity contribution in [3.63, 3.8) is 0 Å². The van der Waals surface area contributed by atoms with Crippen LogP contribution in [0.5, 0.6) is 0 Å². The number of amides is 1. The molecule has 3 aromatic heterocycles. The maximum atomic E-state index is 12.9. The van der Waals surface area contributed by atoms with E-state index in [9.17, 15) is 13.6 Å². The molecule has 0 aromatic carbocycles. The molecule has 0 fully saturated rings. The molecular weight excluding hydrogens is 338 g/mol. The number of furan rings is 1. The van der Waals surface area contributed by atoms with Crippen LogP contribution in [0.2, 0.25) is 0 Å². The molecule has 0 saturated heterocycles. The van der Waals surface area contributed by atoms with Crippen molar-refractivity contribution >= 4 is 17.2 Å². The number of thiazole rings is 1. The highest BCUT2D eigenvalue weighted by Gasteiger charge is 2.22. The second-order valence-corrected chi connectivity index (χ2v) is 6.29. The third-order valence-electron chi connectivity index (χ3n) is 3.42. The fourth-order valence-corrected chi connectivity index (χ4v) is 3.08. The Balaban J connectivity index is 1.80. The molecule has 0 N–H and O–H groups in total. The molecule has 0 saturated carbocycles. The van der Waals surface area contributed by atoms with E-state index in [2.05, 4.69) is 9.97 Å². The Morgan fingerprint density at radius 3 is 2.96 bits per heavy atom. The average molecular weight is 352 g/mol. The number of nitrogens with zero attached hydrogens (tertiary/aromatic N) is 4. The zero-order chi connectivity index (χ0) is 17.3. The Bertz CT molecular complexity index is 842. The van der Waals surface area contributed by atoms with Gasteiger partial charge >= 0.3 is 6.55 Å². The van der Waals surface area contributed by atoms with Crippen LogP contribution in [0.4, 0.5) is 8.78 Å². The maximum absolute atomic E-state index is 12.9. The van der Waals surface area contributed by atoms with Gasteiger partial charge in [-0.15, -0.1) is 11.3 Å². The van der Waals surface area contributed by atoms with Crippen molar-refractivity contribution in [3.8, 4) is 10.8 Å². The lowest BCUT2D eigenvalue weighted by Gasteiger charge is -2.16. The number of aromatic nitrogens is 3. The van der Waals surface area contributed by atoms with E-state index in [4.69, 9.17) is 4.42 Å². The predicted octanol–water partition coefficient (Wildman–Crippen LogP) is 3.58. The lowest BCUT2D eigenvalue weighted by molar-refractivity contribution is 0.0611. The number of hydrogen-bond donors (Lipinski definition) is 0. The molecule has 3 heterocycles. The van der Waals surface area contributed by atoms with Crippen LogP contribution in [-0.4, -0.2) is 32.4 Å². The maximum Gasteiger partial charge on any atom is 0.319 e. The van der Waals surface area contributed by atoms with Gasteiger partial charge in [0, 0.05) is 24.3 Å². The summed E-state index contributed by atoms with van der Waals surface area (Å²) in [6.07, 6.45) is 3.99. The summed E-state index contributed by atoms with van der Waals surface area (Å²) >= 11 is 1.34. The summed E-state index contributed by atoms with van der Waals surface area (Å²) in [7, 11) is 1.53. The van der Waals surface area contributed by atoms with Crippen molar-refractivity contribution in [2.24, 2.45) is 0 Å². The van der Waals surface area contributed by atoms with Crippen molar-refractivity contribution in [2.75, 3.05) is 7.05 Å². The first-order valence-corrected chi connectivity index (χ1v) is 7.85. The van der Waals surface area contributed by atoms with Gasteiger partial charge in [0.05, 0.1) is 12.8 Å². The second kappa shape index (κ2) is 6.52. The molecule has 3 rings (SSSR count). The van der Waals surface area contributed by atoms with Gasteiger partial charge in [0.25, 0.3) is 5.91 Å². The summed E-state index contributed by atoms with van der Waals surface area (Å²) < 4.78 is 31.7. The van der Waals surface area contributed by atoms with Crippen molar-refractivity contribution < 1.29 is 18.0 Å². The van der Waals surface area contributed by atoms with Gasteiger partial charge in [0.2, 0.25) is 0 Å². The number of carbonyl (C=O) groups is 1. The van der Waals surface area contributed by atoms with Crippen LogP contribution in [0.15, 0.2) is 35.2 Å². The van der Waals surface area contributed by atoms with Gasteiger partial charge in [-0.25, -0.2) is 9.97 Å². The largest absolute Gasteiger partial charge is 0.462 e. The molecule has 0 aliphatic rings. The van der Waals surface area contributed by atoms with Crippen LogP contribution in [0.1, 0.15) is 27.7 Å². The molecule has 0 bridgehead atoms. The van der Waals surface area contributed by atoms with E-state index in [1.165, 1.54) is 41.9 Å². The van der Waals surface area contributed by atoms with E-state index in [1.54, 1.807) is 19.1 Å². The third kappa shape index (κ3) is 3.07. The quantitative estimate of drug-likeness (QED) is 0.704. The van der Waals surface area contributed by atoms with Crippen LogP contribution >= 0.6 is 11.3 Å². The number of rotatable bonds is 5. The zero-order valence-electron chi connectivity index (χ0n) is 12.9. The van der Waals surface area contributed by atoms with Gasteiger partial charge in [-0.2, -0.15) is 8.78 Å². The monoisotopic (exact) mass is 352 g/mol. The molecule has 24 heavy (non-hydrogen) atoms. The minimum Gasteiger partial charge on any atom is -0.462 e. The van der Waals surface area contributed by atoms with Gasteiger partial charge in [-0.1, -0.05) is 0 Å². The van der Waals surface area contributed by atoms with E-state index in [-0.39, 0.29) is 24.0 Å². The summed E-state index contributed by atoms with van der Waals surface area (Å²) in [5, 5.41) is 0.600. The van der Waals surface area contributed by atoms with E-state index in [0.717, 1.165) is 9.44 Å². The Morgan fingerprint density at radius 1 is 1.50 bits per heavy atom. The van der Waals surface area contributed by atoms with Gasteiger partial charge in [-0.05, 0) is 19.1 Å². The molecule has 0 unspecified atom stereocenters. The zero-order valence-corrected chi connectivity index (χ0v) is 13.8. The summed E-state index contributed by atoms with van der Waals surface area (Å²) in [6.45, 7) is -0.952. The molecule has 0 aliphatic heterocycles. The third-order valence-corrected chi connectivity index (χ3v) is 4.40. The number of carbonyl (C=O) groups excluding carboxylic acids is 1. The normalized spacial score (nSPS) is 11.2. The fraction of sp³-hybridized carbons (Fsp3) is 0.267. The summed E-state index contributed by atoms with van der Waals surface area (Å²) in [5.41, 5.74) is 0.282. The smallest absolute Gasteiger partial charge is 0.319 e. The van der Waals surface area contributed by atoms with Gasteiger partial charge in [0.15, 0.2) is 10.8 Å².